The molecule has 0 radical (unpaired) electrons. The molecule has 27 heavy (non-hydrogen) atoms. The summed E-state index contributed by atoms with van der Waals surface area (Å²) in [5.74, 6) is 0.667. The van der Waals surface area contributed by atoms with E-state index in [9.17, 15) is 0 Å². The van der Waals surface area contributed by atoms with Gasteiger partial charge in [0.1, 0.15) is 17.8 Å². The fraction of sp³-hybridized carbons (Fsp3) is 0.300. The third-order valence-corrected chi connectivity index (χ3v) is 5.06. The molecular formula is C20H18N6O. The minimum absolute atomic E-state index is 0.211. The van der Waals surface area contributed by atoms with Crippen molar-refractivity contribution in [2.24, 2.45) is 0 Å². The standard InChI is InChI=1S/C20H18N6O/c21-7-8-26-13-22-18-17(16-6-2-4-14-3-1-5-15(14)16)23-20(24-19(18)26)25-9-11-27-12-10-25/h1-2,4-6,13H,3,8-12H2. The normalized spacial score (nSPS) is 15.9. The number of hydrogen-bond acceptors (Lipinski definition) is 6. The SMILES string of the molecule is N#CCn1cnc2c(-c3cccc4c3C=CC4)nc(N3CCOCC3)nc21. The zero-order valence-electron chi connectivity index (χ0n) is 14.8. The number of anilines is 1. The van der Waals surface area contributed by atoms with Gasteiger partial charge in [-0.1, -0.05) is 30.4 Å². The second kappa shape index (κ2) is 6.49. The smallest absolute Gasteiger partial charge is 0.228 e. The van der Waals surface area contributed by atoms with E-state index in [1.54, 1.807) is 10.9 Å². The molecule has 5 rings (SSSR count). The summed E-state index contributed by atoms with van der Waals surface area (Å²) in [5, 5.41) is 9.15. The molecule has 0 saturated carbocycles. The van der Waals surface area contributed by atoms with Crippen LogP contribution >= 0.6 is 0 Å². The number of hydrogen-bond donors (Lipinski definition) is 0. The summed E-state index contributed by atoms with van der Waals surface area (Å²) in [6.07, 6.45) is 6.94. The van der Waals surface area contributed by atoms with Crippen molar-refractivity contribution in [1.29, 1.82) is 5.26 Å². The molecule has 3 aromatic rings. The van der Waals surface area contributed by atoms with Gasteiger partial charge in [0.15, 0.2) is 5.65 Å². The van der Waals surface area contributed by atoms with Gasteiger partial charge < -0.3 is 14.2 Å². The summed E-state index contributed by atoms with van der Waals surface area (Å²) < 4.78 is 7.25. The Hall–Kier alpha value is -3.24. The maximum atomic E-state index is 9.15. The lowest BCUT2D eigenvalue weighted by molar-refractivity contribution is 0.122. The molecule has 2 aromatic heterocycles. The Labute approximate surface area is 156 Å². The minimum atomic E-state index is 0.211. The highest BCUT2D eigenvalue weighted by Gasteiger charge is 2.22. The molecule has 0 atom stereocenters. The summed E-state index contributed by atoms with van der Waals surface area (Å²) >= 11 is 0. The minimum Gasteiger partial charge on any atom is -0.378 e. The van der Waals surface area contributed by atoms with Crippen molar-refractivity contribution >= 4 is 23.2 Å². The number of allylic oxidation sites excluding steroid dienone is 1. The number of aromatic nitrogens is 4. The van der Waals surface area contributed by atoms with Gasteiger partial charge in [-0.25, -0.2) is 9.97 Å². The number of nitriles is 1. The van der Waals surface area contributed by atoms with Gasteiger partial charge >= 0.3 is 0 Å². The third kappa shape index (κ3) is 2.66. The quantitative estimate of drug-likeness (QED) is 0.715. The average Bonchev–Trinajstić information content (AvgIpc) is 3.35. The Morgan fingerprint density at radius 1 is 1.19 bits per heavy atom. The Balaban J connectivity index is 1.74. The van der Waals surface area contributed by atoms with Crippen LogP contribution in [0.4, 0.5) is 5.95 Å². The fourth-order valence-corrected chi connectivity index (χ4v) is 3.72. The van der Waals surface area contributed by atoms with E-state index in [0.717, 1.165) is 36.3 Å². The molecule has 0 bridgehead atoms. The van der Waals surface area contributed by atoms with Gasteiger partial charge in [-0.3, -0.25) is 0 Å². The highest BCUT2D eigenvalue weighted by atomic mass is 16.5. The number of nitrogens with zero attached hydrogens (tertiary/aromatic N) is 6. The second-order valence-corrected chi connectivity index (χ2v) is 6.66. The van der Waals surface area contributed by atoms with Gasteiger partial charge in [0, 0.05) is 18.7 Å². The van der Waals surface area contributed by atoms with Gasteiger partial charge in [0.05, 0.1) is 25.6 Å². The molecule has 2 aliphatic rings. The second-order valence-electron chi connectivity index (χ2n) is 6.66. The van der Waals surface area contributed by atoms with Gasteiger partial charge in [0.25, 0.3) is 0 Å². The summed E-state index contributed by atoms with van der Waals surface area (Å²) in [6, 6.07) is 8.48. The molecular weight excluding hydrogens is 340 g/mol. The predicted molar refractivity (Wildman–Crippen MR) is 102 cm³/mol. The highest BCUT2D eigenvalue weighted by molar-refractivity contribution is 5.92. The fourth-order valence-electron chi connectivity index (χ4n) is 3.72. The van der Waals surface area contributed by atoms with Crippen LogP contribution in [0.2, 0.25) is 0 Å². The van der Waals surface area contributed by atoms with Crippen LogP contribution in [0.3, 0.4) is 0 Å². The number of morpholine rings is 1. The van der Waals surface area contributed by atoms with Crippen molar-refractivity contribution in [3.05, 3.63) is 41.7 Å². The first-order valence-corrected chi connectivity index (χ1v) is 9.06. The van der Waals surface area contributed by atoms with Crippen molar-refractivity contribution < 1.29 is 4.74 Å². The zero-order chi connectivity index (χ0) is 18.2. The number of benzene rings is 1. The summed E-state index contributed by atoms with van der Waals surface area (Å²) in [5.41, 5.74) is 5.80. The number of rotatable bonds is 3. The largest absolute Gasteiger partial charge is 0.378 e. The van der Waals surface area contributed by atoms with E-state index in [1.165, 1.54) is 11.1 Å². The van der Waals surface area contributed by atoms with E-state index in [-0.39, 0.29) is 6.54 Å². The summed E-state index contributed by atoms with van der Waals surface area (Å²) in [6.45, 7) is 3.05. The van der Waals surface area contributed by atoms with Crippen LogP contribution in [0.15, 0.2) is 30.6 Å². The van der Waals surface area contributed by atoms with Gasteiger partial charge in [-0.2, -0.15) is 10.2 Å². The maximum Gasteiger partial charge on any atom is 0.228 e. The molecule has 0 amide bonds. The van der Waals surface area contributed by atoms with Gasteiger partial charge in [0.2, 0.25) is 5.95 Å². The lowest BCUT2D eigenvalue weighted by Crippen LogP contribution is -2.37. The lowest BCUT2D eigenvalue weighted by atomic mass is 10.0. The molecule has 7 heteroatoms. The Bertz CT molecular complexity index is 1090. The van der Waals surface area contributed by atoms with Gasteiger partial charge in [-0.05, 0) is 17.5 Å². The Morgan fingerprint density at radius 2 is 2.07 bits per heavy atom. The molecule has 1 aromatic carbocycles. The molecule has 0 N–H and O–H groups in total. The maximum absolute atomic E-state index is 9.15. The molecule has 0 unspecified atom stereocenters. The zero-order valence-corrected chi connectivity index (χ0v) is 14.8. The van der Waals surface area contributed by atoms with E-state index in [0.29, 0.717) is 24.8 Å². The molecule has 1 aliphatic carbocycles. The molecule has 3 heterocycles. The monoisotopic (exact) mass is 358 g/mol. The van der Waals surface area contributed by atoms with Crippen molar-refractivity contribution in [1.82, 2.24) is 19.5 Å². The van der Waals surface area contributed by atoms with Crippen LogP contribution in [0.1, 0.15) is 11.1 Å². The lowest BCUT2D eigenvalue weighted by Gasteiger charge is -2.27. The van der Waals surface area contributed by atoms with Crippen molar-refractivity contribution in [2.45, 2.75) is 13.0 Å². The van der Waals surface area contributed by atoms with Crippen LogP contribution in [-0.4, -0.2) is 45.8 Å². The van der Waals surface area contributed by atoms with Crippen molar-refractivity contribution in [3.8, 4) is 17.3 Å². The number of fused-ring (bicyclic) bond motifs is 2. The van der Waals surface area contributed by atoms with Crippen LogP contribution in [0.5, 0.6) is 0 Å². The Kier molecular flexibility index (Phi) is 3.84. The van der Waals surface area contributed by atoms with Crippen LogP contribution in [0.25, 0.3) is 28.5 Å². The van der Waals surface area contributed by atoms with Crippen molar-refractivity contribution in [2.75, 3.05) is 31.2 Å². The van der Waals surface area contributed by atoms with Crippen LogP contribution < -0.4 is 4.90 Å². The van der Waals surface area contributed by atoms with Crippen LogP contribution in [0, 0.1) is 11.3 Å². The summed E-state index contributed by atoms with van der Waals surface area (Å²) in [4.78, 5) is 16.3. The third-order valence-electron chi connectivity index (χ3n) is 5.06. The molecule has 1 saturated heterocycles. The molecule has 7 nitrogen and oxygen atoms in total. The highest BCUT2D eigenvalue weighted by Crippen LogP contribution is 2.34. The van der Waals surface area contributed by atoms with E-state index in [4.69, 9.17) is 20.0 Å². The molecule has 134 valence electrons. The van der Waals surface area contributed by atoms with Gasteiger partial charge in [-0.15, -0.1) is 0 Å². The first kappa shape index (κ1) is 16.0. The van der Waals surface area contributed by atoms with E-state index in [1.807, 2.05) is 0 Å². The molecule has 1 aliphatic heterocycles. The van der Waals surface area contributed by atoms with Crippen LogP contribution in [-0.2, 0) is 17.7 Å². The van der Waals surface area contributed by atoms with E-state index >= 15 is 0 Å². The first-order chi connectivity index (χ1) is 13.3. The van der Waals surface area contributed by atoms with E-state index < -0.39 is 0 Å². The number of ether oxygens (including phenoxy) is 1. The molecule has 1 fully saturated rings. The van der Waals surface area contributed by atoms with E-state index in [2.05, 4.69) is 46.3 Å². The topological polar surface area (TPSA) is 79.9 Å². The predicted octanol–water partition coefficient (Wildman–Crippen LogP) is 2.42. The summed E-state index contributed by atoms with van der Waals surface area (Å²) in [7, 11) is 0. The Morgan fingerprint density at radius 3 is 2.93 bits per heavy atom. The first-order valence-electron chi connectivity index (χ1n) is 9.06. The van der Waals surface area contributed by atoms with Crippen molar-refractivity contribution in [3.63, 3.8) is 0 Å². The number of imidazole rings is 1. The molecule has 0 spiro atoms. The average molecular weight is 358 g/mol.